The summed E-state index contributed by atoms with van der Waals surface area (Å²) >= 11 is 0. The van der Waals surface area contributed by atoms with Gasteiger partial charge in [-0.3, -0.25) is 9.59 Å². The minimum Gasteiger partial charge on any atom is -0.480 e. The fourth-order valence-corrected chi connectivity index (χ4v) is 2.38. The zero-order valence-corrected chi connectivity index (χ0v) is 12.6. The van der Waals surface area contributed by atoms with Gasteiger partial charge in [0.25, 0.3) is 0 Å². The Bertz CT molecular complexity index is 474. The van der Waals surface area contributed by atoms with E-state index >= 15 is 0 Å². The van der Waals surface area contributed by atoms with Crippen molar-refractivity contribution in [1.29, 1.82) is 0 Å². The van der Waals surface area contributed by atoms with Crippen LogP contribution in [0.3, 0.4) is 0 Å². The fourth-order valence-electron chi connectivity index (χ4n) is 2.38. The van der Waals surface area contributed by atoms with E-state index in [1.54, 1.807) is 13.8 Å². The Morgan fingerprint density at radius 1 is 1.30 bits per heavy atom. The predicted octanol–water partition coefficient (Wildman–Crippen LogP) is 2.11. The molecular weight excluding hydrogens is 260 g/mol. The third-order valence-corrected chi connectivity index (χ3v) is 3.31. The first-order valence-corrected chi connectivity index (χ1v) is 6.68. The lowest BCUT2D eigenvalue weighted by Gasteiger charge is -2.26. The van der Waals surface area contributed by atoms with Gasteiger partial charge in [0.05, 0.1) is 5.69 Å². The lowest BCUT2D eigenvalue weighted by molar-refractivity contribution is -0.145. The molecule has 1 N–H and O–H groups in total. The molecule has 112 valence electrons. The molecular formula is C14H22N2O4. The van der Waals surface area contributed by atoms with Crippen molar-refractivity contribution >= 4 is 11.9 Å². The maximum Gasteiger partial charge on any atom is 0.323 e. The number of nitrogens with zero attached hydrogens (tertiary/aromatic N) is 2. The summed E-state index contributed by atoms with van der Waals surface area (Å²) in [6.07, 6.45) is 0.244. The molecule has 0 fully saturated rings. The Kier molecular flexibility index (Phi) is 5.30. The quantitative estimate of drug-likeness (QED) is 0.863. The van der Waals surface area contributed by atoms with Crippen LogP contribution in [0.25, 0.3) is 0 Å². The highest BCUT2D eigenvalue weighted by Crippen LogP contribution is 2.26. The van der Waals surface area contributed by atoms with Gasteiger partial charge in [-0.15, -0.1) is 0 Å². The number of carboxylic acid groups (broad SMARTS) is 1. The van der Waals surface area contributed by atoms with Gasteiger partial charge in [-0.1, -0.05) is 12.1 Å². The Labute approximate surface area is 118 Å². The fraction of sp³-hybridized carbons (Fsp3) is 0.643. The number of hydrogen-bond donors (Lipinski definition) is 1. The first-order chi connectivity index (χ1) is 9.23. The molecule has 0 saturated heterocycles. The van der Waals surface area contributed by atoms with Gasteiger partial charge in [0.2, 0.25) is 5.91 Å². The summed E-state index contributed by atoms with van der Waals surface area (Å²) in [6, 6.07) is -0.143. The average molecular weight is 282 g/mol. The first-order valence-electron chi connectivity index (χ1n) is 6.68. The van der Waals surface area contributed by atoms with E-state index in [-0.39, 0.29) is 30.8 Å². The highest BCUT2D eigenvalue weighted by Gasteiger charge is 2.24. The number of hydrogen-bond acceptors (Lipinski definition) is 4. The van der Waals surface area contributed by atoms with E-state index in [4.69, 9.17) is 9.63 Å². The van der Waals surface area contributed by atoms with Crippen LogP contribution in [0.15, 0.2) is 4.52 Å². The van der Waals surface area contributed by atoms with Crippen LogP contribution < -0.4 is 0 Å². The molecule has 1 aromatic heterocycles. The Hall–Kier alpha value is -1.85. The lowest BCUT2D eigenvalue weighted by Crippen LogP contribution is -2.41. The molecule has 0 aliphatic rings. The number of carboxylic acids is 1. The number of aryl methyl sites for hydroxylation is 2. The molecule has 20 heavy (non-hydrogen) atoms. The molecule has 0 aliphatic carbocycles. The molecule has 1 unspecified atom stereocenters. The van der Waals surface area contributed by atoms with Crippen molar-refractivity contribution in [2.75, 3.05) is 6.54 Å². The molecule has 0 aromatic carbocycles. The van der Waals surface area contributed by atoms with Crippen molar-refractivity contribution in [2.24, 2.45) is 0 Å². The van der Waals surface area contributed by atoms with Gasteiger partial charge in [-0.2, -0.15) is 0 Å². The molecule has 1 aromatic rings. The topological polar surface area (TPSA) is 83.6 Å². The summed E-state index contributed by atoms with van der Waals surface area (Å²) < 4.78 is 5.10. The molecule has 0 saturated carbocycles. The van der Waals surface area contributed by atoms with Crippen LogP contribution in [-0.2, 0) is 9.59 Å². The molecule has 0 radical (unpaired) electrons. The molecule has 1 heterocycles. The highest BCUT2D eigenvalue weighted by atomic mass is 16.5. The molecule has 6 nitrogen and oxygen atoms in total. The third-order valence-electron chi connectivity index (χ3n) is 3.31. The standard InChI is InChI=1S/C14H22N2O4/c1-8(2)16(7-13(18)19)12(17)6-9(3)14-10(4)15-20-11(14)5/h8-9H,6-7H2,1-5H3,(H,18,19). The summed E-state index contributed by atoms with van der Waals surface area (Å²) in [7, 11) is 0. The number of rotatable bonds is 6. The average Bonchev–Trinajstić information content (AvgIpc) is 2.65. The number of carbonyl (C=O) groups excluding carboxylic acids is 1. The second kappa shape index (κ2) is 6.54. The molecule has 0 aliphatic heterocycles. The Morgan fingerprint density at radius 3 is 2.30 bits per heavy atom. The van der Waals surface area contributed by atoms with Crippen molar-refractivity contribution in [1.82, 2.24) is 10.1 Å². The highest BCUT2D eigenvalue weighted by molar-refractivity contribution is 5.82. The van der Waals surface area contributed by atoms with Crippen LogP contribution in [0.5, 0.6) is 0 Å². The van der Waals surface area contributed by atoms with Crippen LogP contribution in [0, 0.1) is 13.8 Å². The normalized spacial score (nSPS) is 12.5. The van der Waals surface area contributed by atoms with Gasteiger partial charge < -0.3 is 14.5 Å². The van der Waals surface area contributed by atoms with E-state index in [1.165, 1.54) is 4.90 Å². The van der Waals surface area contributed by atoms with E-state index in [2.05, 4.69) is 5.16 Å². The summed E-state index contributed by atoms with van der Waals surface area (Å²) in [4.78, 5) is 24.5. The SMILES string of the molecule is Cc1noc(C)c1C(C)CC(=O)N(CC(=O)O)C(C)C. The summed E-state index contributed by atoms with van der Waals surface area (Å²) in [6.45, 7) is 8.91. The van der Waals surface area contributed by atoms with Gasteiger partial charge in [-0.05, 0) is 33.6 Å². The third kappa shape index (κ3) is 3.82. The van der Waals surface area contributed by atoms with Crippen molar-refractivity contribution in [3.8, 4) is 0 Å². The minimum absolute atomic E-state index is 0.0520. The van der Waals surface area contributed by atoms with E-state index in [0.29, 0.717) is 5.76 Å². The van der Waals surface area contributed by atoms with Crippen LogP contribution in [0.1, 0.15) is 50.1 Å². The maximum atomic E-state index is 12.3. The first kappa shape index (κ1) is 16.2. The number of aromatic nitrogens is 1. The van der Waals surface area contributed by atoms with Crippen molar-refractivity contribution in [3.05, 3.63) is 17.0 Å². The van der Waals surface area contributed by atoms with E-state index in [9.17, 15) is 9.59 Å². The van der Waals surface area contributed by atoms with Gasteiger partial charge in [0.1, 0.15) is 12.3 Å². The van der Waals surface area contributed by atoms with E-state index in [0.717, 1.165) is 11.3 Å². The van der Waals surface area contributed by atoms with E-state index < -0.39 is 5.97 Å². The van der Waals surface area contributed by atoms with Gasteiger partial charge >= 0.3 is 5.97 Å². The van der Waals surface area contributed by atoms with Crippen LogP contribution >= 0.6 is 0 Å². The molecule has 1 atom stereocenters. The summed E-state index contributed by atoms with van der Waals surface area (Å²) in [5.74, 6) is -0.520. The monoisotopic (exact) mass is 282 g/mol. The van der Waals surface area contributed by atoms with Crippen LogP contribution in [0.4, 0.5) is 0 Å². The zero-order chi connectivity index (χ0) is 15.4. The van der Waals surface area contributed by atoms with Crippen LogP contribution in [0.2, 0.25) is 0 Å². The molecule has 0 bridgehead atoms. The smallest absolute Gasteiger partial charge is 0.323 e. The van der Waals surface area contributed by atoms with Crippen molar-refractivity contribution in [3.63, 3.8) is 0 Å². The minimum atomic E-state index is -1.00. The number of carbonyl (C=O) groups is 2. The van der Waals surface area contributed by atoms with Crippen molar-refractivity contribution in [2.45, 2.75) is 53.0 Å². The predicted molar refractivity (Wildman–Crippen MR) is 73.5 cm³/mol. The summed E-state index contributed by atoms with van der Waals surface area (Å²) in [5.41, 5.74) is 1.70. The van der Waals surface area contributed by atoms with Gasteiger partial charge in [0, 0.05) is 18.0 Å². The second-order valence-electron chi connectivity index (χ2n) is 5.35. The zero-order valence-electron chi connectivity index (χ0n) is 12.6. The van der Waals surface area contributed by atoms with Crippen molar-refractivity contribution < 1.29 is 19.2 Å². The molecule has 1 amide bonds. The number of aliphatic carboxylic acids is 1. The number of amides is 1. The lowest BCUT2D eigenvalue weighted by atomic mass is 9.95. The van der Waals surface area contributed by atoms with Gasteiger partial charge in [-0.25, -0.2) is 0 Å². The van der Waals surface area contributed by atoms with Crippen LogP contribution in [-0.4, -0.2) is 39.6 Å². The maximum absolute atomic E-state index is 12.3. The molecule has 1 rings (SSSR count). The molecule has 0 spiro atoms. The summed E-state index contributed by atoms with van der Waals surface area (Å²) in [5, 5.41) is 12.7. The largest absolute Gasteiger partial charge is 0.480 e. The Morgan fingerprint density at radius 2 is 1.90 bits per heavy atom. The Balaban J connectivity index is 2.80. The second-order valence-corrected chi connectivity index (χ2v) is 5.35. The molecule has 6 heteroatoms. The van der Waals surface area contributed by atoms with E-state index in [1.807, 2.05) is 20.8 Å². The van der Waals surface area contributed by atoms with Gasteiger partial charge in [0.15, 0.2) is 0 Å².